The van der Waals surface area contributed by atoms with Crippen molar-refractivity contribution in [1.82, 2.24) is 0 Å². The van der Waals surface area contributed by atoms with Crippen LogP contribution in [0.4, 0.5) is 0 Å². The second kappa shape index (κ2) is 3.73. The average Bonchev–Trinajstić information content (AvgIpc) is 2.03. The van der Waals surface area contributed by atoms with Crippen LogP contribution in [0.5, 0.6) is 0 Å². The van der Waals surface area contributed by atoms with Gasteiger partial charge in [-0.1, -0.05) is 6.92 Å². The molecular weight excluding hydrogens is 168 g/mol. The van der Waals surface area contributed by atoms with Crippen molar-refractivity contribution in [1.29, 1.82) is 0 Å². The fourth-order valence-electron chi connectivity index (χ4n) is 1.71. The standard InChI is InChI=1S/C10H14O3/c1-6-3-4-8(10(12)13)9(5-6)7(2)11/h6H,3-5H2,1-2H3,(H,12,13). The van der Waals surface area contributed by atoms with Gasteiger partial charge in [0, 0.05) is 11.1 Å². The molecule has 0 aromatic heterocycles. The molecule has 0 saturated carbocycles. The number of ketones is 1. The summed E-state index contributed by atoms with van der Waals surface area (Å²) in [6, 6.07) is 0. The lowest BCUT2D eigenvalue weighted by molar-refractivity contribution is -0.133. The first-order valence-electron chi connectivity index (χ1n) is 4.48. The van der Waals surface area contributed by atoms with Crippen LogP contribution in [0.25, 0.3) is 0 Å². The van der Waals surface area contributed by atoms with Gasteiger partial charge < -0.3 is 5.11 Å². The second-order valence-corrected chi connectivity index (χ2v) is 3.67. The summed E-state index contributed by atoms with van der Waals surface area (Å²) >= 11 is 0. The van der Waals surface area contributed by atoms with Gasteiger partial charge in [0.15, 0.2) is 5.78 Å². The van der Waals surface area contributed by atoms with Gasteiger partial charge in [-0.05, 0) is 32.1 Å². The van der Waals surface area contributed by atoms with Crippen LogP contribution < -0.4 is 0 Å². The molecule has 3 nitrogen and oxygen atoms in total. The first-order chi connectivity index (χ1) is 6.02. The Kier molecular flexibility index (Phi) is 2.86. The summed E-state index contributed by atoms with van der Waals surface area (Å²) < 4.78 is 0. The number of hydrogen-bond donors (Lipinski definition) is 1. The van der Waals surface area contributed by atoms with Crippen molar-refractivity contribution in [2.75, 3.05) is 0 Å². The van der Waals surface area contributed by atoms with Gasteiger partial charge in [-0.2, -0.15) is 0 Å². The van der Waals surface area contributed by atoms with E-state index in [1.165, 1.54) is 6.92 Å². The highest BCUT2D eigenvalue weighted by Gasteiger charge is 2.24. The minimum Gasteiger partial charge on any atom is -0.478 e. The zero-order valence-electron chi connectivity index (χ0n) is 7.96. The Morgan fingerprint density at radius 3 is 2.46 bits per heavy atom. The molecule has 0 radical (unpaired) electrons. The highest BCUT2D eigenvalue weighted by atomic mass is 16.4. The van der Waals surface area contributed by atoms with E-state index in [2.05, 4.69) is 0 Å². The third-order valence-corrected chi connectivity index (χ3v) is 2.49. The van der Waals surface area contributed by atoms with Gasteiger partial charge in [0.25, 0.3) is 0 Å². The quantitative estimate of drug-likeness (QED) is 0.708. The van der Waals surface area contributed by atoms with E-state index in [-0.39, 0.29) is 5.78 Å². The smallest absolute Gasteiger partial charge is 0.331 e. The molecule has 0 amide bonds. The van der Waals surface area contributed by atoms with E-state index in [9.17, 15) is 9.59 Å². The lowest BCUT2D eigenvalue weighted by atomic mass is 9.83. The number of carboxylic acid groups (broad SMARTS) is 1. The summed E-state index contributed by atoms with van der Waals surface area (Å²) in [4.78, 5) is 21.9. The number of rotatable bonds is 2. The van der Waals surface area contributed by atoms with E-state index < -0.39 is 5.97 Å². The number of hydrogen-bond acceptors (Lipinski definition) is 2. The number of Topliss-reactive ketones (excluding diaryl/α,β-unsaturated/α-hetero) is 1. The molecule has 1 N–H and O–H groups in total. The van der Waals surface area contributed by atoms with E-state index in [1.54, 1.807) is 0 Å². The fraction of sp³-hybridized carbons (Fsp3) is 0.600. The van der Waals surface area contributed by atoms with Crippen molar-refractivity contribution < 1.29 is 14.7 Å². The van der Waals surface area contributed by atoms with Crippen molar-refractivity contribution in [2.24, 2.45) is 5.92 Å². The van der Waals surface area contributed by atoms with Crippen LogP contribution in [0.2, 0.25) is 0 Å². The zero-order chi connectivity index (χ0) is 10.0. The summed E-state index contributed by atoms with van der Waals surface area (Å²) in [7, 11) is 0. The van der Waals surface area contributed by atoms with Crippen LogP contribution in [0.15, 0.2) is 11.1 Å². The highest BCUT2D eigenvalue weighted by Crippen LogP contribution is 2.29. The predicted molar refractivity (Wildman–Crippen MR) is 48.4 cm³/mol. The summed E-state index contributed by atoms with van der Waals surface area (Å²) in [5, 5.41) is 8.83. The van der Waals surface area contributed by atoms with Crippen molar-refractivity contribution in [3.05, 3.63) is 11.1 Å². The van der Waals surface area contributed by atoms with Gasteiger partial charge in [0.2, 0.25) is 0 Å². The van der Waals surface area contributed by atoms with Crippen LogP contribution in [-0.4, -0.2) is 16.9 Å². The lowest BCUT2D eigenvalue weighted by Crippen LogP contribution is -2.17. The van der Waals surface area contributed by atoms with Crippen LogP contribution in [0.1, 0.15) is 33.1 Å². The Balaban J connectivity index is 3.01. The Labute approximate surface area is 77.4 Å². The maximum Gasteiger partial charge on any atom is 0.331 e. The maximum absolute atomic E-state index is 11.1. The summed E-state index contributed by atoms with van der Waals surface area (Å²) in [6.07, 6.45) is 2.03. The first-order valence-corrected chi connectivity index (χ1v) is 4.48. The molecule has 1 unspecified atom stereocenters. The van der Waals surface area contributed by atoms with Gasteiger partial charge in [-0.25, -0.2) is 4.79 Å². The van der Waals surface area contributed by atoms with E-state index in [0.29, 0.717) is 29.9 Å². The average molecular weight is 182 g/mol. The molecule has 0 bridgehead atoms. The minimum atomic E-state index is -0.933. The maximum atomic E-state index is 11.1. The van der Waals surface area contributed by atoms with Crippen molar-refractivity contribution in [3.8, 4) is 0 Å². The molecule has 0 saturated heterocycles. The van der Waals surface area contributed by atoms with Gasteiger partial charge in [0.05, 0.1) is 0 Å². The number of allylic oxidation sites excluding steroid dienone is 1. The first kappa shape index (κ1) is 9.96. The molecule has 13 heavy (non-hydrogen) atoms. The molecule has 0 spiro atoms. The van der Waals surface area contributed by atoms with Gasteiger partial charge in [0.1, 0.15) is 0 Å². The molecule has 0 fully saturated rings. The van der Waals surface area contributed by atoms with Gasteiger partial charge >= 0.3 is 5.97 Å². The Morgan fingerprint density at radius 1 is 1.38 bits per heavy atom. The third kappa shape index (κ3) is 2.17. The molecule has 1 aliphatic rings. The van der Waals surface area contributed by atoms with E-state index in [0.717, 1.165) is 6.42 Å². The lowest BCUT2D eigenvalue weighted by Gasteiger charge is -2.20. The molecule has 0 aromatic rings. The van der Waals surface area contributed by atoms with Crippen LogP contribution in [-0.2, 0) is 9.59 Å². The zero-order valence-corrected chi connectivity index (χ0v) is 7.96. The molecular formula is C10H14O3. The molecule has 1 rings (SSSR count). The monoisotopic (exact) mass is 182 g/mol. The minimum absolute atomic E-state index is 0.0936. The topological polar surface area (TPSA) is 54.4 Å². The van der Waals surface area contributed by atoms with Gasteiger partial charge in [-0.3, -0.25) is 4.79 Å². The highest BCUT2D eigenvalue weighted by molar-refractivity contribution is 6.02. The molecule has 3 heteroatoms. The fourth-order valence-corrected chi connectivity index (χ4v) is 1.71. The molecule has 72 valence electrons. The number of carbonyl (C=O) groups excluding carboxylic acids is 1. The SMILES string of the molecule is CC(=O)C1=C(C(=O)O)CCC(C)C1. The Morgan fingerprint density at radius 2 is 2.00 bits per heavy atom. The summed E-state index contributed by atoms with van der Waals surface area (Å²) in [5.41, 5.74) is 0.844. The largest absolute Gasteiger partial charge is 0.478 e. The van der Waals surface area contributed by atoms with E-state index >= 15 is 0 Å². The van der Waals surface area contributed by atoms with Crippen molar-refractivity contribution in [3.63, 3.8) is 0 Å². The van der Waals surface area contributed by atoms with Crippen molar-refractivity contribution in [2.45, 2.75) is 33.1 Å². The summed E-state index contributed by atoms with van der Waals surface area (Å²) in [6.45, 7) is 3.48. The number of carboxylic acids is 1. The predicted octanol–water partition coefficient (Wildman–Crippen LogP) is 1.78. The van der Waals surface area contributed by atoms with Gasteiger partial charge in [-0.15, -0.1) is 0 Å². The molecule has 0 aromatic carbocycles. The number of carbonyl (C=O) groups is 2. The van der Waals surface area contributed by atoms with E-state index in [1.807, 2.05) is 6.92 Å². The normalized spacial score (nSPS) is 23.1. The molecule has 1 atom stereocenters. The molecule has 0 aliphatic heterocycles. The second-order valence-electron chi connectivity index (χ2n) is 3.67. The van der Waals surface area contributed by atoms with E-state index in [4.69, 9.17) is 5.11 Å². The Hall–Kier alpha value is -1.12. The number of aliphatic carboxylic acids is 1. The Bertz CT molecular complexity index is 276. The van der Waals surface area contributed by atoms with Crippen LogP contribution >= 0.6 is 0 Å². The van der Waals surface area contributed by atoms with Crippen LogP contribution in [0, 0.1) is 5.92 Å². The van der Waals surface area contributed by atoms with Crippen LogP contribution in [0.3, 0.4) is 0 Å². The van der Waals surface area contributed by atoms with Crippen molar-refractivity contribution >= 4 is 11.8 Å². The third-order valence-electron chi connectivity index (χ3n) is 2.49. The molecule has 1 aliphatic carbocycles. The molecule has 0 heterocycles. The summed E-state index contributed by atoms with van der Waals surface area (Å²) in [5.74, 6) is -0.594.